The predicted molar refractivity (Wildman–Crippen MR) is 139 cm³/mol. The van der Waals surface area contributed by atoms with Gasteiger partial charge in [0, 0.05) is 5.41 Å². The minimum absolute atomic E-state index is 0. The molecule has 0 bridgehead atoms. The molecule has 0 aliphatic rings. The zero-order valence-electron chi connectivity index (χ0n) is 20.6. The molecule has 3 N–H and O–H groups in total. The Kier molecular flexibility index (Phi) is 20.9. The van der Waals surface area contributed by atoms with E-state index in [0.717, 1.165) is 13.0 Å². The van der Waals surface area contributed by atoms with Crippen LogP contribution in [-0.2, 0) is 0 Å². The van der Waals surface area contributed by atoms with Gasteiger partial charge in [0.25, 0.3) is 0 Å². The molecule has 1 unspecified atom stereocenters. The van der Waals surface area contributed by atoms with Crippen LogP contribution in [0.15, 0.2) is 12.7 Å². The molecule has 0 aliphatic carbocycles. The minimum Gasteiger partial charge on any atom is -0.313 e. The average Bonchev–Trinajstić information content (AvgIpc) is 2.58. The summed E-state index contributed by atoms with van der Waals surface area (Å²) in [5, 5.41) is 3.64. The van der Waals surface area contributed by atoms with E-state index in [1.165, 1.54) is 77.0 Å². The van der Waals surface area contributed by atoms with Crippen molar-refractivity contribution >= 4 is 24.8 Å². The van der Waals surface area contributed by atoms with Crippen LogP contribution in [0.4, 0.5) is 0 Å². The molecule has 0 rings (SSSR count). The fraction of sp³-hybridized carbons (Fsp3) is 0.920. The molecule has 178 valence electrons. The van der Waals surface area contributed by atoms with Crippen LogP contribution in [0.1, 0.15) is 125 Å². The first-order valence-corrected chi connectivity index (χ1v) is 11.8. The number of halogens is 2. The van der Waals surface area contributed by atoms with Gasteiger partial charge < -0.3 is 5.73 Å². The van der Waals surface area contributed by atoms with Crippen LogP contribution in [0.5, 0.6) is 0 Å². The molecule has 2 nitrogen and oxygen atoms in total. The topological polar surface area (TPSA) is 38.0 Å². The first-order valence-electron chi connectivity index (χ1n) is 11.8. The molecule has 0 aromatic heterocycles. The third-order valence-electron chi connectivity index (χ3n) is 7.17. The van der Waals surface area contributed by atoms with Gasteiger partial charge >= 0.3 is 0 Å². The van der Waals surface area contributed by atoms with Gasteiger partial charge in [0.05, 0.1) is 5.66 Å². The summed E-state index contributed by atoms with van der Waals surface area (Å²) in [5.41, 5.74) is 6.42. The van der Waals surface area contributed by atoms with E-state index in [4.69, 9.17) is 5.73 Å². The van der Waals surface area contributed by atoms with E-state index >= 15 is 0 Å². The van der Waals surface area contributed by atoms with Crippen molar-refractivity contribution in [1.29, 1.82) is 0 Å². The number of hydrogen-bond donors (Lipinski definition) is 2. The predicted octanol–water partition coefficient (Wildman–Crippen LogP) is 8.42. The Balaban J connectivity index is -0.00000338. The molecule has 0 saturated carbocycles. The molecule has 0 fully saturated rings. The summed E-state index contributed by atoms with van der Waals surface area (Å²) in [6, 6.07) is 0. The number of nitrogens with one attached hydrogen (secondary N) is 1. The lowest BCUT2D eigenvalue weighted by Gasteiger charge is -2.52. The van der Waals surface area contributed by atoms with Gasteiger partial charge in [-0.3, -0.25) is 5.32 Å². The lowest BCUT2D eigenvalue weighted by Crippen LogP contribution is -2.65. The first-order chi connectivity index (χ1) is 12.6. The quantitative estimate of drug-likeness (QED) is 0.124. The normalized spacial score (nSPS) is 13.9. The van der Waals surface area contributed by atoms with E-state index in [9.17, 15) is 0 Å². The highest BCUT2D eigenvalue weighted by Crippen LogP contribution is 2.46. The number of unbranched alkanes of at least 4 members (excludes halogenated alkanes) is 11. The largest absolute Gasteiger partial charge is 0.313 e. The molecular formula is C25H54Cl2N2. The highest BCUT2D eigenvalue weighted by Gasteiger charge is 2.47. The van der Waals surface area contributed by atoms with Crippen molar-refractivity contribution in [2.75, 3.05) is 6.54 Å². The van der Waals surface area contributed by atoms with Gasteiger partial charge in [-0.25, -0.2) is 0 Å². The lowest BCUT2D eigenvalue weighted by molar-refractivity contribution is 0.00854. The van der Waals surface area contributed by atoms with Crippen LogP contribution in [-0.4, -0.2) is 12.2 Å². The Bertz CT molecular complexity index is 379. The second-order valence-corrected chi connectivity index (χ2v) is 10.0. The van der Waals surface area contributed by atoms with E-state index in [1.54, 1.807) is 0 Å². The third-order valence-corrected chi connectivity index (χ3v) is 7.17. The van der Waals surface area contributed by atoms with E-state index in [0.29, 0.717) is 0 Å². The molecule has 0 spiro atoms. The average molecular weight is 454 g/mol. The molecule has 0 amide bonds. The zero-order chi connectivity index (χ0) is 20.8. The van der Waals surface area contributed by atoms with E-state index in [2.05, 4.69) is 53.4 Å². The summed E-state index contributed by atoms with van der Waals surface area (Å²) in [7, 11) is 0. The van der Waals surface area contributed by atoms with Crippen molar-refractivity contribution in [3.63, 3.8) is 0 Å². The Morgan fingerprint density at radius 2 is 1.10 bits per heavy atom. The van der Waals surface area contributed by atoms with Crippen LogP contribution in [0.25, 0.3) is 0 Å². The lowest BCUT2D eigenvalue weighted by atomic mass is 9.60. The summed E-state index contributed by atoms with van der Waals surface area (Å²) < 4.78 is 0. The van der Waals surface area contributed by atoms with Crippen LogP contribution in [0, 0.1) is 10.8 Å². The van der Waals surface area contributed by atoms with Crippen molar-refractivity contribution in [3.8, 4) is 0 Å². The minimum atomic E-state index is -0.378. The molecule has 0 aromatic carbocycles. The molecule has 0 heterocycles. The molecule has 0 radical (unpaired) electrons. The molecular weight excluding hydrogens is 399 g/mol. The van der Waals surface area contributed by atoms with Gasteiger partial charge in [0.1, 0.15) is 0 Å². The highest BCUT2D eigenvalue weighted by molar-refractivity contribution is 5.85. The number of allylic oxidation sites excluding steroid dienone is 1. The maximum absolute atomic E-state index is 6.70. The Hall–Kier alpha value is 0.240. The second kappa shape index (κ2) is 17.9. The fourth-order valence-electron chi connectivity index (χ4n) is 3.85. The summed E-state index contributed by atoms with van der Waals surface area (Å²) >= 11 is 0. The van der Waals surface area contributed by atoms with E-state index in [1.807, 2.05) is 6.08 Å². The SMILES string of the molecule is C=CCC(C)(C)C(C)(C)C(C)(N)NCCCCCCCCCCCCCC.Cl.Cl. The first kappa shape index (κ1) is 33.9. The summed E-state index contributed by atoms with van der Waals surface area (Å²) in [6.45, 7) is 18.5. The van der Waals surface area contributed by atoms with Crippen LogP contribution in [0.2, 0.25) is 0 Å². The van der Waals surface area contributed by atoms with E-state index in [-0.39, 0.29) is 41.3 Å². The number of hydrogen-bond acceptors (Lipinski definition) is 2. The van der Waals surface area contributed by atoms with Gasteiger partial charge in [-0.2, -0.15) is 0 Å². The Morgan fingerprint density at radius 1 is 0.724 bits per heavy atom. The van der Waals surface area contributed by atoms with Crippen molar-refractivity contribution in [2.45, 2.75) is 131 Å². The van der Waals surface area contributed by atoms with Gasteiger partial charge in [-0.05, 0) is 31.7 Å². The molecule has 0 saturated heterocycles. The van der Waals surface area contributed by atoms with Crippen molar-refractivity contribution in [2.24, 2.45) is 16.6 Å². The highest BCUT2D eigenvalue weighted by atomic mass is 35.5. The van der Waals surface area contributed by atoms with Gasteiger partial charge in [-0.1, -0.05) is 111 Å². The zero-order valence-corrected chi connectivity index (χ0v) is 22.2. The number of rotatable bonds is 18. The third kappa shape index (κ3) is 13.3. The molecule has 4 heteroatoms. The van der Waals surface area contributed by atoms with E-state index < -0.39 is 0 Å². The number of nitrogens with two attached hydrogens (primary N) is 1. The second-order valence-electron chi connectivity index (χ2n) is 10.0. The molecule has 29 heavy (non-hydrogen) atoms. The monoisotopic (exact) mass is 452 g/mol. The van der Waals surface area contributed by atoms with Crippen LogP contribution < -0.4 is 11.1 Å². The van der Waals surface area contributed by atoms with Crippen LogP contribution in [0.3, 0.4) is 0 Å². The Morgan fingerprint density at radius 3 is 1.48 bits per heavy atom. The maximum Gasteiger partial charge on any atom is 0.0690 e. The molecule has 0 aliphatic heterocycles. The van der Waals surface area contributed by atoms with Crippen molar-refractivity contribution in [1.82, 2.24) is 5.32 Å². The summed E-state index contributed by atoms with van der Waals surface area (Å²) in [6.07, 6.45) is 19.7. The molecule has 1 atom stereocenters. The van der Waals surface area contributed by atoms with Gasteiger partial charge in [0.2, 0.25) is 0 Å². The van der Waals surface area contributed by atoms with Gasteiger partial charge in [0.15, 0.2) is 0 Å². The standard InChI is InChI=1S/C25H52N2.2ClH/c1-8-10-11-12-13-14-15-16-17-18-19-20-22-27-25(7,26)24(5,6)23(3,4)21-9-2;;/h9,27H,2,8,10-22,26H2,1,3-7H3;2*1H. The van der Waals surface area contributed by atoms with Crippen LogP contribution >= 0.6 is 24.8 Å². The van der Waals surface area contributed by atoms with Crippen molar-refractivity contribution < 1.29 is 0 Å². The summed E-state index contributed by atoms with van der Waals surface area (Å²) in [5.74, 6) is 0. The smallest absolute Gasteiger partial charge is 0.0690 e. The van der Waals surface area contributed by atoms with Crippen molar-refractivity contribution in [3.05, 3.63) is 12.7 Å². The maximum atomic E-state index is 6.70. The Labute approximate surface area is 196 Å². The summed E-state index contributed by atoms with van der Waals surface area (Å²) in [4.78, 5) is 0. The fourth-order valence-corrected chi connectivity index (χ4v) is 3.85. The van der Waals surface area contributed by atoms with Gasteiger partial charge in [-0.15, -0.1) is 31.4 Å². The molecule has 0 aromatic rings.